The van der Waals surface area contributed by atoms with Crippen LogP contribution in [0.2, 0.25) is 0 Å². The van der Waals surface area contributed by atoms with Crippen LogP contribution in [0.4, 0.5) is 11.4 Å². The zero-order valence-corrected chi connectivity index (χ0v) is 17.2. The number of carbonyl (C=O) groups excluding carboxylic acids is 3. The van der Waals surface area contributed by atoms with E-state index in [4.69, 9.17) is 4.74 Å². The number of rotatable bonds is 2. The van der Waals surface area contributed by atoms with Crippen LogP contribution in [0.1, 0.15) is 37.8 Å². The number of ketones is 1. The topological polar surface area (TPSA) is 76.0 Å². The molecule has 2 heterocycles. The summed E-state index contributed by atoms with van der Waals surface area (Å²) in [6.45, 7) is 4.06. The molecule has 0 unspecified atom stereocenters. The molecule has 0 bridgehead atoms. The first-order valence-electron chi connectivity index (χ1n) is 10.2. The van der Waals surface area contributed by atoms with E-state index < -0.39 is 0 Å². The van der Waals surface area contributed by atoms with Crippen molar-refractivity contribution in [1.82, 2.24) is 0 Å². The van der Waals surface area contributed by atoms with Crippen molar-refractivity contribution in [3.8, 4) is 0 Å². The Morgan fingerprint density at radius 3 is 2.23 bits per heavy atom. The van der Waals surface area contributed by atoms with Crippen molar-refractivity contribution in [2.45, 2.75) is 32.3 Å². The lowest BCUT2D eigenvalue weighted by Crippen LogP contribution is -2.34. The lowest BCUT2D eigenvalue weighted by Gasteiger charge is -2.36. The normalized spacial score (nSPS) is 20.8. The van der Waals surface area contributed by atoms with E-state index in [-0.39, 0.29) is 23.2 Å². The second kappa shape index (κ2) is 6.87. The first-order valence-corrected chi connectivity index (χ1v) is 10.2. The van der Waals surface area contributed by atoms with Gasteiger partial charge in [-0.25, -0.2) is 9.89 Å². The number of allylic oxidation sites excluding steroid dienone is 1. The molecule has 0 saturated carbocycles. The van der Waals surface area contributed by atoms with Gasteiger partial charge in [0.15, 0.2) is 0 Å². The molecular weight excluding hydrogens is 392 g/mol. The lowest BCUT2D eigenvalue weighted by molar-refractivity contribution is -0.120. The van der Waals surface area contributed by atoms with Crippen LogP contribution < -0.4 is 4.90 Å². The summed E-state index contributed by atoms with van der Waals surface area (Å²) in [5, 5.41) is 0. The molecule has 5 rings (SSSR count). The zero-order chi connectivity index (χ0) is 21.8. The van der Waals surface area contributed by atoms with Crippen LogP contribution in [-0.2, 0) is 19.1 Å². The van der Waals surface area contributed by atoms with Crippen LogP contribution in [0.25, 0.3) is 5.76 Å². The van der Waals surface area contributed by atoms with Crippen molar-refractivity contribution in [3.63, 3.8) is 0 Å². The predicted octanol–water partition coefficient (Wildman–Crippen LogP) is 4.12. The quantitative estimate of drug-likeness (QED) is 0.696. The van der Waals surface area contributed by atoms with E-state index in [0.717, 1.165) is 22.4 Å². The van der Waals surface area contributed by atoms with Crippen molar-refractivity contribution in [1.29, 1.82) is 0 Å². The highest BCUT2D eigenvalue weighted by molar-refractivity contribution is 6.54. The number of benzene rings is 2. The number of anilines is 1. The Labute approximate surface area is 179 Å². The second-order valence-corrected chi connectivity index (χ2v) is 8.37. The first-order chi connectivity index (χ1) is 14.8. The van der Waals surface area contributed by atoms with Gasteiger partial charge in [0, 0.05) is 28.9 Å². The van der Waals surface area contributed by atoms with Gasteiger partial charge in [-0.1, -0.05) is 24.3 Å². The average Bonchev–Trinajstić information content (AvgIpc) is 3.09. The molecular formula is C25H20N2O4. The largest absolute Gasteiger partial charge is 0.487 e. The Morgan fingerprint density at radius 1 is 0.903 bits per heavy atom. The highest BCUT2D eigenvalue weighted by Gasteiger charge is 2.38. The maximum absolute atomic E-state index is 13.3. The summed E-state index contributed by atoms with van der Waals surface area (Å²) in [4.78, 5) is 42.8. The summed E-state index contributed by atoms with van der Waals surface area (Å²) < 4.78 is 6.19. The smallest absolute Gasteiger partial charge is 0.258 e. The number of ether oxygens (including phenoxy) is 1. The third-order valence-electron chi connectivity index (χ3n) is 5.70. The third-order valence-corrected chi connectivity index (χ3v) is 5.70. The van der Waals surface area contributed by atoms with E-state index in [1.807, 2.05) is 38.1 Å². The highest BCUT2D eigenvalue weighted by atomic mass is 16.5. The van der Waals surface area contributed by atoms with Crippen molar-refractivity contribution < 1.29 is 19.1 Å². The van der Waals surface area contributed by atoms with Crippen LogP contribution >= 0.6 is 0 Å². The van der Waals surface area contributed by atoms with Crippen LogP contribution in [-0.4, -0.2) is 28.9 Å². The molecule has 2 aromatic rings. The van der Waals surface area contributed by atoms with Gasteiger partial charge in [0.25, 0.3) is 11.8 Å². The van der Waals surface area contributed by atoms with Crippen molar-refractivity contribution >= 4 is 40.4 Å². The molecule has 6 heteroatoms. The minimum atomic E-state index is -0.375. The summed E-state index contributed by atoms with van der Waals surface area (Å²) >= 11 is 0. The summed E-state index contributed by atoms with van der Waals surface area (Å²) in [6.07, 6.45) is 3.88. The maximum atomic E-state index is 13.3. The minimum Gasteiger partial charge on any atom is -0.487 e. The van der Waals surface area contributed by atoms with Gasteiger partial charge in [-0.15, -0.1) is 0 Å². The van der Waals surface area contributed by atoms with E-state index in [9.17, 15) is 14.4 Å². The maximum Gasteiger partial charge on any atom is 0.258 e. The molecule has 2 aliphatic heterocycles. The average molecular weight is 412 g/mol. The highest BCUT2D eigenvalue weighted by Crippen LogP contribution is 2.41. The standard InChI is InChI=1S/C25H20N2O4/c1-25(2)14-13-19-23(30)22(17-5-3-4-6-18(17)24(19)31-25)26-15-7-9-16(10-8-15)27-20(28)11-12-21(27)29/h3-12H,13-14H2,1-2H3. The molecule has 0 fully saturated rings. The number of hydrogen-bond acceptors (Lipinski definition) is 5. The van der Waals surface area contributed by atoms with Gasteiger partial charge in [-0.2, -0.15) is 0 Å². The molecule has 2 aromatic carbocycles. The van der Waals surface area contributed by atoms with E-state index in [1.54, 1.807) is 24.3 Å². The Bertz CT molecular complexity index is 1210. The Kier molecular flexibility index (Phi) is 4.25. The van der Waals surface area contributed by atoms with Gasteiger partial charge in [0.05, 0.1) is 11.4 Å². The van der Waals surface area contributed by atoms with E-state index in [0.29, 0.717) is 34.8 Å². The first kappa shape index (κ1) is 19.2. The second-order valence-electron chi connectivity index (χ2n) is 8.37. The molecule has 0 spiro atoms. The number of hydrogen-bond donors (Lipinski definition) is 0. The van der Waals surface area contributed by atoms with Crippen molar-refractivity contribution in [2.24, 2.45) is 4.99 Å². The fourth-order valence-electron chi connectivity index (χ4n) is 4.09. The van der Waals surface area contributed by atoms with Gasteiger partial charge in [0.1, 0.15) is 17.1 Å². The lowest BCUT2D eigenvalue weighted by atomic mass is 9.82. The van der Waals surface area contributed by atoms with Crippen LogP contribution in [0.3, 0.4) is 0 Å². The fourth-order valence-corrected chi connectivity index (χ4v) is 4.09. The number of carbonyl (C=O) groups is 3. The molecule has 0 N–H and O–H groups in total. The van der Waals surface area contributed by atoms with Gasteiger partial charge in [0.2, 0.25) is 5.78 Å². The zero-order valence-electron chi connectivity index (χ0n) is 17.2. The SMILES string of the molecule is CC1(C)CCC2=C(O1)c1ccccc1C(=Nc1ccc(N3C(=O)C=CC3=O)cc1)C2=O. The van der Waals surface area contributed by atoms with Crippen LogP contribution in [0, 0.1) is 0 Å². The van der Waals surface area contributed by atoms with Gasteiger partial charge >= 0.3 is 0 Å². The molecule has 0 saturated heterocycles. The minimum absolute atomic E-state index is 0.123. The van der Waals surface area contributed by atoms with E-state index in [2.05, 4.69) is 4.99 Å². The predicted molar refractivity (Wildman–Crippen MR) is 117 cm³/mol. The van der Waals surface area contributed by atoms with Crippen molar-refractivity contribution in [2.75, 3.05) is 4.90 Å². The molecule has 6 nitrogen and oxygen atoms in total. The van der Waals surface area contributed by atoms with Crippen molar-refractivity contribution in [3.05, 3.63) is 77.4 Å². The molecule has 154 valence electrons. The monoisotopic (exact) mass is 412 g/mol. The number of nitrogens with zero attached hydrogens (tertiary/aromatic N) is 2. The van der Waals surface area contributed by atoms with Gasteiger partial charge < -0.3 is 4.74 Å². The molecule has 3 aliphatic rings. The molecule has 31 heavy (non-hydrogen) atoms. The fraction of sp³-hybridized carbons (Fsp3) is 0.200. The number of imide groups is 1. The van der Waals surface area contributed by atoms with E-state index in [1.165, 1.54) is 12.2 Å². The Hall–Kier alpha value is -3.80. The van der Waals surface area contributed by atoms with Gasteiger partial charge in [-0.05, 0) is 51.0 Å². The molecule has 1 aliphatic carbocycles. The number of Topliss-reactive ketones (excluding diaryl/α,β-unsaturated/α-hetero) is 1. The molecule has 0 radical (unpaired) electrons. The molecule has 0 atom stereocenters. The summed E-state index contributed by atoms with van der Waals surface area (Å²) in [5.74, 6) is -0.215. The summed E-state index contributed by atoms with van der Waals surface area (Å²) in [7, 11) is 0. The number of fused-ring (bicyclic) bond motifs is 2. The Morgan fingerprint density at radius 2 is 1.55 bits per heavy atom. The van der Waals surface area contributed by atoms with Crippen LogP contribution in [0.5, 0.6) is 0 Å². The number of aliphatic imine (C=N–C) groups is 1. The number of amides is 2. The third kappa shape index (κ3) is 3.20. The summed E-state index contributed by atoms with van der Waals surface area (Å²) in [6, 6.07) is 14.3. The van der Waals surface area contributed by atoms with Crippen LogP contribution in [0.15, 0.2) is 71.2 Å². The molecule has 0 aromatic heterocycles. The van der Waals surface area contributed by atoms with Gasteiger partial charge in [-0.3, -0.25) is 14.4 Å². The van der Waals surface area contributed by atoms with E-state index >= 15 is 0 Å². The molecule has 2 amide bonds. The Balaban J connectivity index is 1.54. The summed E-state index contributed by atoms with van der Waals surface area (Å²) in [5.41, 5.74) is 3.35.